The molecule has 6 heteroatoms. The molecule has 20 heavy (non-hydrogen) atoms. The van der Waals surface area contributed by atoms with Crippen LogP contribution in [0.15, 0.2) is 40.2 Å². The molecule has 0 bridgehead atoms. The molecule has 0 saturated heterocycles. The number of amides is 1. The molecule has 2 rings (SSSR count). The van der Waals surface area contributed by atoms with Gasteiger partial charge in [0, 0.05) is 4.47 Å². The summed E-state index contributed by atoms with van der Waals surface area (Å²) < 4.78 is 5.55. The number of hydrogen-bond donors (Lipinski definition) is 1. The van der Waals surface area contributed by atoms with Crippen molar-refractivity contribution in [2.24, 2.45) is 0 Å². The number of carbonyl (C=O) groups is 2. The highest BCUT2D eigenvalue weighted by molar-refractivity contribution is 9.10. The van der Waals surface area contributed by atoms with Gasteiger partial charge in [0.25, 0.3) is 5.91 Å². The smallest absolute Gasteiger partial charge is 0.338 e. The van der Waals surface area contributed by atoms with Gasteiger partial charge in [-0.2, -0.15) is 0 Å². The fourth-order valence-corrected chi connectivity index (χ4v) is 2.65. The summed E-state index contributed by atoms with van der Waals surface area (Å²) in [6, 6.07) is 8.48. The van der Waals surface area contributed by atoms with Gasteiger partial charge in [-0.05, 0) is 52.5 Å². The van der Waals surface area contributed by atoms with Crippen LogP contribution in [0.2, 0.25) is 0 Å². The summed E-state index contributed by atoms with van der Waals surface area (Å²) >= 11 is 4.71. The van der Waals surface area contributed by atoms with Gasteiger partial charge in [0.1, 0.15) is 0 Å². The standard InChI is InChI=1S/C14H12BrNO3S/c1-2-19-14(18)9-5-6-11(10(15)8-9)16-13(17)12-4-3-7-20-12/h3-8H,2H2,1H3,(H,16,17). The number of anilines is 1. The van der Waals surface area contributed by atoms with E-state index in [0.29, 0.717) is 27.2 Å². The van der Waals surface area contributed by atoms with Crippen molar-refractivity contribution in [3.63, 3.8) is 0 Å². The Morgan fingerprint density at radius 1 is 1.35 bits per heavy atom. The van der Waals surface area contributed by atoms with Crippen LogP contribution in [0.3, 0.4) is 0 Å². The molecular weight excluding hydrogens is 342 g/mol. The fourth-order valence-electron chi connectivity index (χ4n) is 1.55. The summed E-state index contributed by atoms with van der Waals surface area (Å²) in [5.74, 6) is -0.561. The number of nitrogens with one attached hydrogen (secondary N) is 1. The zero-order valence-corrected chi connectivity index (χ0v) is 13.1. The molecule has 0 aliphatic rings. The Labute approximate surface area is 128 Å². The van der Waals surface area contributed by atoms with Crippen LogP contribution in [0.5, 0.6) is 0 Å². The maximum absolute atomic E-state index is 11.9. The first kappa shape index (κ1) is 14.7. The lowest BCUT2D eigenvalue weighted by Gasteiger charge is -2.08. The average molecular weight is 354 g/mol. The second-order valence-corrected chi connectivity index (χ2v) is 5.65. The van der Waals surface area contributed by atoms with Crippen molar-refractivity contribution in [3.05, 3.63) is 50.6 Å². The topological polar surface area (TPSA) is 55.4 Å². The first-order chi connectivity index (χ1) is 9.61. The molecular formula is C14H12BrNO3S. The van der Waals surface area contributed by atoms with Crippen molar-refractivity contribution in [2.75, 3.05) is 11.9 Å². The molecule has 1 N–H and O–H groups in total. The van der Waals surface area contributed by atoms with Crippen LogP contribution in [0.1, 0.15) is 27.0 Å². The van der Waals surface area contributed by atoms with Gasteiger partial charge in [0.15, 0.2) is 0 Å². The predicted octanol–water partition coefficient (Wildman–Crippen LogP) is 3.94. The second-order valence-electron chi connectivity index (χ2n) is 3.85. The molecule has 104 valence electrons. The normalized spacial score (nSPS) is 10.1. The lowest BCUT2D eigenvalue weighted by Crippen LogP contribution is -2.11. The molecule has 0 unspecified atom stereocenters. The Bertz CT molecular complexity index is 625. The number of rotatable bonds is 4. The number of halogens is 1. The average Bonchev–Trinajstić information content (AvgIpc) is 2.95. The second kappa shape index (κ2) is 6.67. The highest BCUT2D eigenvalue weighted by atomic mass is 79.9. The van der Waals surface area contributed by atoms with Gasteiger partial charge in [-0.15, -0.1) is 11.3 Å². The van der Waals surface area contributed by atoms with Crippen LogP contribution in [0, 0.1) is 0 Å². The van der Waals surface area contributed by atoms with Crippen molar-refractivity contribution >= 4 is 44.8 Å². The van der Waals surface area contributed by atoms with Crippen LogP contribution in [-0.2, 0) is 4.74 Å². The van der Waals surface area contributed by atoms with E-state index in [4.69, 9.17) is 4.74 Å². The zero-order chi connectivity index (χ0) is 14.5. The largest absolute Gasteiger partial charge is 0.462 e. The maximum atomic E-state index is 11.9. The Balaban J connectivity index is 2.14. The fraction of sp³-hybridized carbons (Fsp3) is 0.143. The highest BCUT2D eigenvalue weighted by Crippen LogP contribution is 2.25. The Morgan fingerprint density at radius 2 is 2.15 bits per heavy atom. The number of carbonyl (C=O) groups excluding carboxylic acids is 2. The van der Waals surface area contributed by atoms with E-state index in [9.17, 15) is 9.59 Å². The summed E-state index contributed by atoms with van der Waals surface area (Å²) in [5.41, 5.74) is 1.05. The van der Waals surface area contributed by atoms with Crippen LogP contribution < -0.4 is 5.32 Å². The van der Waals surface area contributed by atoms with Crippen molar-refractivity contribution in [1.29, 1.82) is 0 Å². The van der Waals surface area contributed by atoms with Crippen molar-refractivity contribution in [2.45, 2.75) is 6.92 Å². The summed E-state index contributed by atoms with van der Waals surface area (Å²) in [6.07, 6.45) is 0. The zero-order valence-electron chi connectivity index (χ0n) is 10.7. The number of ether oxygens (including phenoxy) is 1. The minimum absolute atomic E-state index is 0.176. The van der Waals surface area contributed by atoms with Gasteiger partial charge in [-0.1, -0.05) is 6.07 Å². The van der Waals surface area contributed by atoms with Gasteiger partial charge >= 0.3 is 5.97 Å². The van der Waals surface area contributed by atoms with E-state index in [1.165, 1.54) is 11.3 Å². The number of hydrogen-bond acceptors (Lipinski definition) is 4. The van der Waals surface area contributed by atoms with Gasteiger partial charge in [-0.25, -0.2) is 4.79 Å². The first-order valence-corrected chi connectivity index (χ1v) is 7.60. The van der Waals surface area contributed by atoms with Crippen LogP contribution in [0.4, 0.5) is 5.69 Å². The Kier molecular flexibility index (Phi) is 4.92. The van der Waals surface area contributed by atoms with E-state index in [1.54, 1.807) is 31.2 Å². The van der Waals surface area contributed by atoms with E-state index in [2.05, 4.69) is 21.2 Å². The molecule has 2 aromatic rings. The number of esters is 1. The molecule has 0 aliphatic carbocycles. The SMILES string of the molecule is CCOC(=O)c1ccc(NC(=O)c2cccs2)c(Br)c1. The molecule has 1 amide bonds. The molecule has 1 aromatic carbocycles. The summed E-state index contributed by atoms with van der Waals surface area (Å²) in [4.78, 5) is 24.2. The van der Waals surface area contributed by atoms with Crippen molar-refractivity contribution in [1.82, 2.24) is 0 Å². The molecule has 1 aromatic heterocycles. The van der Waals surface area contributed by atoms with Crippen LogP contribution in [0.25, 0.3) is 0 Å². The molecule has 0 radical (unpaired) electrons. The Morgan fingerprint density at radius 3 is 2.75 bits per heavy atom. The van der Waals surface area contributed by atoms with Crippen molar-refractivity contribution < 1.29 is 14.3 Å². The molecule has 4 nitrogen and oxygen atoms in total. The van der Waals surface area contributed by atoms with E-state index in [0.717, 1.165) is 0 Å². The summed E-state index contributed by atoms with van der Waals surface area (Å²) in [5, 5.41) is 4.62. The monoisotopic (exact) mass is 353 g/mol. The number of thiophene rings is 1. The highest BCUT2D eigenvalue weighted by Gasteiger charge is 2.12. The molecule has 0 atom stereocenters. The third-order valence-corrected chi connectivity index (χ3v) is 4.00. The van der Waals surface area contributed by atoms with Crippen LogP contribution in [-0.4, -0.2) is 18.5 Å². The molecule has 0 spiro atoms. The summed E-state index contributed by atoms with van der Waals surface area (Å²) in [6.45, 7) is 2.08. The van der Waals surface area contributed by atoms with E-state index in [-0.39, 0.29) is 11.9 Å². The van der Waals surface area contributed by atoms with E-state index in [1.807, 2.05) is 11.4 Å². The Hall–Kier alpha value is -1.66. The predicted molar refractivity (Wildman–Crippen MR) is 82.4 cm³/mol. The quantitative estimate of drug-likeness (QED) is 0.847. The van der Waals surface area contributed by atoms with Gasteiger partial charge in [0.2, 0.25) is 0 Å². The van der Waals surface area contributed by atoms with E-state index >= 15 is 0 Å². The lowest BCUT2D eigenvalue weighted by molar-refractivity contribution is 0.0526. The minimum Gasteiger partial charge on any atom is -0.462 e. The molecule has 1 heterocycles. The minimum atomic E-state index is -0.385. The van der Waals surface area contributed by atoms with E-state index < -0.39 is 0 Å². The maximum Gasteiger partial charge on any atom is 0.338 e. The van der Waals surface area contributed by atoms with Crippen LogP contribution >= 0.6 is 27.3 Å². The van der Waals surface area contributed by atoms with Gasteiger partial charge in [0.05, 0.1) is 22.7 Å². The first-order valence-electron chi connectivity index (χ1n) is 5.93. The van der Waals surface area contributed by atoms with Crippen molar-refractivity contribution in [3.8, 4) is 0 Å². The number of benzene rings is 1. The summed E-state index contributed by atoms with van der Waals surface area (Å²) in [7, 11) is 0. The third-order valence-electron chi connectivity index (χ3n) is 2.47. The molecule has 0 saturated carbocycles. The third kappa shape index (κ3) is 3.46. The molecule has 0 aliphatic heterocycles. The van der Waals surface area contributed by atoms with Gasteiger partial charge in [-0.3, -0.25) is 4.79 Å². The molecule has 0 fully saturated rings. The van der Waals surface area contributed by atoms with Gasteiger partial charge < -0.3 is 10.1 Å². The lowest BCUT2D eigenvalue weighted by atomic mass is 10.2.